The van der Waals surface area contributed by atoms with Crippen LogP contribution in [0.3, 0.4) is 0 Å². The fraction of sp³-hybridized carbons (Fsp3) is 0.353. The Hall–Kier alpha value is -2.07. The molecule has 0 radical (unpaired) electrons. The van der Waals surface area contributed by atoms with Gasteiger partial charge in [0.25, 0.3) is 0 Å². The van der Waals surface area contributed by atoms with E-state index in [0.29, 0.717) is 0 Å². The van der Waals surface area contributed by atoms with Crippen LogP contribution in [0.15, 0.2) is 41.1 Å². The van der Waals surface area contributed by atoms with E-state index in [1.807, 2.05) is 36.1 Å². The monoisotopic (exact) mass is 283 g/mol. The quantitative estimate of drug-likeness (QED) is 0.778. The molecule has 21 heavy (non-hydrogen) atoms. The number of nitrogens with zero attached hydrogens (tertiary/aromatic N) is 2. The van der Waals surface area contributed by atoms with Gasteiger partial charge in [-0.2, -0.15) is 0 Å². The van der Waals surface area contributed by atoms with E-state index in [1.165, 1.54) is 10.9 Å². The summed E-state index contributed by atoms with van der Waals surface area (Å²) in [6, 6.07) is 8.40. The maximum Gasteiger partial charge on any atom is 0.134 e. The third-order valence-electron chi connectivity index (χ3n) is 3.96. The lowest BCUT2D eigenvalue weighted by Crippen LogP contribution is -2.20. The van der Waals surface area contributed by atoms with Crippen LogP contribution in [-0.2, 0) is 20.0 Å². The molecule has 0 aliphatic rings. The fourth-order valence-corrected chi connectivity index (χ4v) is 2.74. The van der Waals surface area contributed by atoms with Crippen LogP contribution < -0.4 is 5.32 Å². The van der Waals surface area contributed by atoms with Gasteiger partial charge in [0.2, 0.25) is 0 Å². The van der Waals surface area contributed by atoms with Crippen LogP contribution in [0.2, 0.25) is 0 Å². The highest BCUT2D eigenvalue weighted by molar-refractivity contribution is 5.82. The summed E-state index contributed by atoms with van der Waals surface area (Å²) in [4.78, 5) is 4.34. The molecule has 3 aromatic rings. The van der Waals surface area contributed by atoms with E-state index < -0.39 is 0 Å². The highest BCUT2D eigenvalue weighted by atomic mass is 16.3. The van der Waals surface area contributed by atoms with Gasteiger partial charge in [0.1, 0.15) is 17.2 Å². The second kappa shape index (κ2) is 5.74. The molecule has 0 bridgehead atoms. The minimum Gasteiger partial charge on any atom is -0.459 e. The lowest BCUT2D eigenvalue weighted by Gasteiger charge is -2.13. The number of hydrogen-bond acceptors (Lipinski definition) is 3. The third-order valence-corrected chi connectivity index (χ3v) is 3.96. The molecule has 1 atom stereocenters. The van der Waals surface area contributed by atoms with Crippen LogP contribution in [-0.4, -0.2) is 9.55 Å². The lowest BCUT2D eigenvalue weighted by molar-refractivity contribution is 0.439. The number of aryl methyl sites for hydroxylation is 2. The van der Waals surface area contributed by atoms with Crippen molar-refractivity contribution in [1.82, 2.24) is 14.9 Å². The second-order valence-corrected chi connectivity index (χ2v) is 5.35. The number of hydrogen-bond donors (Lipinski definition) is 1. The van der Waals surface area contributed by atoms with E-state index in [2.05, 4.69) is 36.3 Å². The zero-order valence-electron chi connectivity index (χ0n) is 12.8. The van der Waals surface area contributed by atoms with Crippen molar-refractivity contribution in [2.75, 3.05) is 0 Å². The van der Waals surface area contributed by atoms with Gasteiger partial charge in [-0.1, -0.05) is 25.1 Å². The predicted octanol–water partition coefficient (Wildman–Crippen LogP) is 3.58. The Morgan fingerprint density at radius 2 is 2.14 bits per heavy atom. The number of imidazole rings is 1. The summed E-state index contributed by atoms with van der Waals surface area (Å²) >= 11 is 0. The van der Waals surface area contributed by atoms with Gasteiger partial charge in [0.15, 0.2) is 0 Å². The molecule has 0 aliphatic heterocycles. The maximum absolute atomic E-state index is 6.06. The average molecular weight is 283 g/mol. The Morgan fingerprint density at radius 3 is 2.86 bits per heavy atom. The number of fused-ring (bicyclic) bond motifs is 1. The standard InChI is InChI=1S/C17H21N3O/c1-4-13-14-7-5-6-8-15(14)21-17(13)12(2)19-11-16-18-9-10-20(16)3/h5-10,12,19H,4,11H2,1-3H3. The minimum atomic E-state index is 0.157. The van der Waals surface area contributed by atoms with Crippen LogP contribution in [0.1, 0.15) is 37.0 Å². The first kappa shape index (κ1) is 13.9. The zero-order chi connectivity index (χ0) is 14.8. The van der Waals surface area contributed by atoms with Crippen molar-refractivity contribution in [2.45, 2.75) is 32.9 Å². The molecule has 0 fully saturated rings. The minimum absolute atomic E-state index is 0.157. The van der Waals surface area contributed by atoms with Crippen LogP contribution >= 0.6 is 0 Å². The Balaban J connectivity index is 1.84. The third kappa shape index (κ3) is 2.59. The normalized spacial score (nSPS) is 12.9. The van der Waals surface area contributed by atoms with Gasteiger partial charge in [-0.15, -0.1) is 0 Å². The highest BCUT2D eigenvalue weighted by Gasteiger charge is 2.18. The van der Waals surface area contributed by atoms with Gasteiger partial charge in [-0.25, -0.2) is 4.98 Å². The lowest BCUT2D eigenvalue weighted by atomic mass is 10.1. The molecule has 2 aromatic heterocycles. The molecule has 0 saturated carbocycles. The molecule has 0 amide bonds. The van der Waals surface area contributed by atoms with Crippen molar-refractivity contribution in [3.63, 3.8) is 0 Å². The number of para-hydroxylation sites is 1. The number of benzene rings is 1. The summed E-state index contributed by atoms with van der Waals surface area (Å²) < 4.78 is 8.09. The molecule has 0 saturated heterocycles. The molecule has 4 nitrogen and oxygen atoms in total. The van der Waals surface area contributed by atoms with Gasteiger partial charge >= 0.3 is 0 Å². The van der Waals surface area contributed by atoms with Gasteiger partial charge in [-0.05, 0) is 19.4 Å². The summed E-state index contributed by atoms with van der Waals surface area (Å²) in [7, 11) is 2.01. The predicted molar refractivity (Wildman–Crippen MR) is 84.1 cm³/mol. The van der Waals surface area contributed by atoms with E-state index in [9.17, 15) is 0 Å². The summed E-state index contributed by atoms with van der Waals surface area (Å²) in [5, 5.41) is 4.72. The molecule has 0 spiro atoms. The van der Waals surface area contributed by atoms with Crippen LogP contribution in [0.5, 0.6) is 0 Å². The first-order chi connectivity index (χ1) is 10.2. The smallest absolute Gasteiger partial charge is 0.134 e. The van der Waals surface area contributed by atoms with Gasteiger partial charge in [0, 0.05) is 30.4 Å². The van der Waals surface area contributed by atoms with Crippen LogP contribution in [0, 0.1) is 0 Å². The number of furan rings is 1. The number of rotatable bonds is 5. The molecule has 110 valence electrons. The first-order valence-electron chi connectivity index (χ1n) is 7.40. The van der Waals surface area contributed by atoms with Crippen molar-refractivity contribution in [1.29, 1.82) is 0 Å². The Labute approximate surface area is 124 Å². The van der Waals surface area contributed by atoms with Crippen LogP contribution in [0.25, 0.3) is 11.0 Å². The summed E-state index contributed by atoms with van der Waals surface area (Å²) in [6.45, 7) is 5.04. The van der Waals surface area contributed by atoms with Crippen molar-refractivity contribution < 1.29 is 4.42 Å². The van der Waals surface area contributed by atoms with Crippen molar-refractivity contribution in [3.8, 4) is 0 Å². The Bertz CT molecular complexity index is 741. The molecular weight excluding hydrogens is 262 g/mol. The molecule has 3 rings (SSSR count). The van der Waals surface area contributed by atoms with E-state index in [-0.39, 0.29) is 6.04 Å². The van der Waals surface area contributed by atoms with Crippen LogP contribution in [0.4, 0.5) is 0 Å². The van der Waals surface area contributed by atoms with Gasteiger partial charge < -0.3 is 14.3 Å². The molecule has 0 aliphatic carbocycles. The van der Waals surface area contributed by atoms with Crippen molar-refractivity contribution >= 4 is 11.0 Å². The van der Waals surface area contributed by atoms with Gasteiger partial charge in [-0.3, -0.25) is 0 Å². The summed E-state index contributed by atoms with van der Waals surface area (Å²) in [5.74, 6) is 2.06. The van der Waals surface area contributed by atoms with Gasteiger partial charge in [0.05, 0.1) is 12.6 Å². The first-order valence-corrected chi connectivity index (χ1v) is 7.40. The molecule has 1 aromatic carbocycles. The number of aromatic nitrogens is 2. The largest absolute Gasteiger partial charge is 0.459 e. The molecule has 1 N–H and O–H groups in total. The number of nitrogens with one attached hydrogen (secondary N) is 1. The second-order valence-electron chi connectivity index (χ2n) is 5.35. The summed E-state index contributed by atoms with van der Waals surface area (Å²) in [6.07, 6.45) is 4.75. The Kier molecular flexibility index (Phi) is 3.80. The SMILES string of the molecule is CCc1c(C(C)NCc2nccn2C)oc2ccccc12. The highest BCUT2D eigenvalue weighted by Crippen LogP contribution is 2.30. The van der Waals surface area contributed by atoms with E-state index >= 15 is 0 Å². The molecular formula is C17H21N3O. The van der Waals surface area contributed by atoms with Crippen molar-refractivity contribution in [3.05, 3.63) is 53.8 Å². The topological polar surface area (TPSA) is 43.0 Å². The van der Waals surface area contributed by atoms with E-state index in [0.717, 1.165) is 30.1 Å². The average Bonchev–Trinajstić information content (AvgIpc) is 3.07. The summed E-state index contributed by atoms with van der Waals surface area (Å²) in [5.41, 5.74) is 2.26. The Morgan fingerprint density at radius 1 is 1.33 bits per heavy atom. The zero-order valence-corrected chi connectivity index (χ0v) is 12.8. The molecule has 2 heterocycles. The van der Waals surface area contributed by atoms with E-state index in [1.54, 1.807) is 0 Å². The maximum atomic E-state index is 6.06. The fourth-order valence-electron chi connectivity index (χ4n) is 2.74. The molecule has 4 heteroatoms. The molecule has 1 unspecified atom stereocenters. The van der Waals surface area contributed by atoms with Crippen molar-refractivity contribution in [2.24, 2.45) is 7.05 Å². The van der Waals surface area contributed by atoms with E-state index in [4.69, 9.17) is 4.42 Å².